The molecule has 2 heterocycles. The number of aliphatic hydroxyl groups is 1. The van der Waals surface area contributed by atoms with E-state index in [4.69, 9.17) is 4.74 Å². The predicted octanol–water partition coefficient (Wildman–Crippen LogP) is 0.218. The topological polar surface area (TPSA) is 142 Å². The number of non-ortho nitro benzene ring substituents is 1. The number of aliphatic hydroxyl groups excluding tert-OH is 1. The highest BCUT2D eigenvalue weighted by molar-refractivity contribution is 6.01. The molecule has 1 aromatic rings. The van der Waals surface area contributed by atoms with Crippen molar-refractivity contribution >= 4 is 23.7 Å². The molecular formula is C16H18N4O7. The number of imide groups is 1. The SMILES string of the molecule is O=C1CN(C[C@@H]2C[C@@H](O)CN2C(=O)OCc2ccc([N+](=O)[O-])cc2)C(=O)N1. The molecule has 2 N–H and O–H groups in total. The van der Waals surface area contributed by atoms with Gasteiger partial charge in [-0.05, 0) is 24.1 Å². The van der Waals surface area contributed by atoms with Gasteiger partial charge in [0.15, 0.2) is 0 Å². The summed E-state index contributed by atoms with van der Waals surface area (Å²) in [4.78, 5) is 48.0. The van der Waals surface area contributed by atoms with E-state index in [1.807, 2.05) is 0 Å². The molecule has 0 aliphatic carbocycles. The highest BCUT2D eigenvalue weighted by Gasteiger charge is 2.39. The maximum Gasteiger partial charge on any atom is 0.410 e. The van der Waals surface area contributed by atoms with Gasteiger partial charge in [-0.1, -0.05) is 0 Å². The molecule has 2 atom stereocenters. The predicted molar refractivity (Wildman–Crippen MR) is 89.5 cm³/mol. The van der Waals surface area contributed by atoms with Gasteiger partial charge in [0.25, 0.3) is 5.69 Å². The maximum absolute atomic E-state index is 12.4. The van der Waals surface area contributed by atoms with Gasteiger partial charge >= 0.3 is 12.1 Å². The van der Waals surface area contributed by atoms with Crippen LogP contribution in [0.4, 0.5) is 15.3 Å². The van der Waals surface area contributed by atoms with Crippen LogP contribution in [0.5, 0.6) is 0 Å². The van der Waals surface area contributed by atoms with E-state index in [1.165, 1.54) is 34.1 Å². The highest BCUT2D eigenvalue weighted by atomic mass is 16.6. The third-order valence-corrected chi connectivity index (χ3v) is 4.44. The number of nitro groups is 1. The van der Waals surface area contributed by atoms with Crippen molar-refractivity contribution in [3.05, 3.63) is 39.9 Å². The Morgan fingerprint density at radius 1 is 1.33 bits per heavy atom. The summed E-state index contributed by atoms with van der Waals surface area (Å²) in [7, 11) is 0. The Hall–Kier alpha value is -3.21. The molecule has 0 radical (unpaired) electrons. The summed E-state index contributed by atoms with van der Waals surface area (Å²) in [6.07, 6.45) is -1.14. The van der Waals surface area contributed by atoms with Gasteiger partial charge in [-0.15, -0.1) is 0 Å². The number of nitrogens with one attached hydrogen (secondary N) is 1. The number of amides is 4. The minimum atomic E-state index is -0.747. The van der Waals surface area contributed by atoms with Crippen LogP contribution in [0.25, 0.3) is 0 Å². The lowest BCUT2D eigenvalue weighted by molar-refractivity contribution is -0.384. The fraction of sp³-hybridized carbons (Fsp3) is 0.438. The van der Waals surface area contributed by atoms with Crippen LogP contribution in [0.3, 0.4) is 0 Å². The van der Waals surface area contributed by atoms with Crippen molar-refractivity contribution in [3.63, 3.8) is 0 Å². The molecule has 2 aliphatic rings. The second-order valence-corrected chi connectivity index (χ2v) is 6.41. The van der Waals surface area contributed by atoms with Crippen LogP contribution < -0.4 is 5.32 Å². The molecule has 2 fully saturated rings. The second-order valence-electron chi connectivity index (χ2n) is 6.41. The number of benzene rings is 1. The molecule has 3 rings (SSSR count). The zero-order chi connectivity index (χ0) is 19.6. The average Bonchev–Trinajstić information content (AvgIpc) is 3.14. The normalized spacial score (nSPS) is 22.1. The molecule has 0 aromatic heterocycles. The number of hydrogen-bond acceptors (Lipinski definition) is 7. The highest BCUT2D eigenvalue weighted by Crippen LogP contribution is 2.21. The van der Waals surface area contributed by atoms with Gasteiger partial charge in [-0.2, -0.15) is 0 Å². The van der Waals surface area contributed by atoms with Crippen LogP contribution in [0, 0.1) is 10.1 Å². The first kappa shape index (κ1) is 18.6. The summed E-state index contributed by atoms with van der Waals surface area (Å²) in [6.45, 7) is 0.00434. The Morgan fingerprint density at radius 3 is 2.63 bits per heavy atom. The first-order valence-electron chi connectivity index (χ1n) is 8.27. The molecule has 11 nitrogen and oxygen atoms in total. The summed E-state index contributed by atoms with van der Waals surface area (Å²) >= 11 is 0. The lowest BCUT2D eigenvalue weighted by Crippen LogP contribution is -2.44. The number of likely N-dealkylation sites (tertiary alicyclic amines) is 1. The van der Waals surface area contributed by atoms with Crippen molar-refractivity contribution in [3.8, 4) is 0 Å². The maximum atomic E-state index is 12.4. The molecule has 2 aliphatic heterocycles. The van der Waals surface area contributed by atoms with Crippen molar-refractivity contribution in [2.45, 2.75) is 25.2 Å². The Balaban J connectivity index is 1.57. The smallest absolute Gasteiger partial charge is 0.410 e. The zero-order valence-electron chi connectivity index (χ0n) is 14.2. The zero-order valence-corrected chi connectivity index (χ0v) is 14.2. The fourth-order valence-electron chi connectivity index (χ4n) is 3.12. The number of hydrogen-bond donors (Lipinski definition) is 2. The summed E-state index contributed by atoms with van der Waals surface area (Å²) in [5.74, 6) is -0.411. The summed E-state index contributed by atoms with van der Waals surface area (Å²) < 4.78 is 5.22. The molecule has 144 valence electrons. The lowest BCUT2D eigenvalue weighted by atomic mass is 10.2. The van der Waals surface area contributed by atoms with Crippen LogP contribution in [-0.4, -0.2) is 69.6 Å². The Morgan fingerprint density at radius 2 is 2.04 bits per heavy atom. The van der Waals surface area contributed by atoms with E-state index in [0.29, 0.717) is 5.56 Å². The largest absolute Gasteiger partial charge is 0.445 e. The third-order valence-electron chi connectivity index (χ3n) is 4.44. The molecule has 0 unspecified atom stereocenters. The average molecular weight is 378 g/mol. The van der Waals surface area contributed by atoms with Crippen molar-refractivity contribution in [1.82, 2.24) is 15.1 Å². The minimum absolute atomic E-state index is 0.0627. The second kappa shape index (κ2) is 7.58. The number of rotatable bonds is 5. The summed E-state index contributed by atoms with van der Waals surface area (Å²) in [5, 5.41) is 22.7. The molecule has 1 aromatic carbocycles. The monoisotopic (exact) mass is 378 g/mol. The van der Waals surface area contributed by atoms with E-state index in [1.54, 1.807) is 0 Å². The first-order valence-corrected chi connectivity index (χ1v) is 8.27. The molecule has 27 heavy (non-hydrogen) atoms. The number of nitro benzene ring substituents is 1. The molecular weight excluding hydrogens is 360 g/mol. The van der Waals surface area contributed by atoms with Crippen LogP contribution in [-0.2, 0) is 16.1 Å². The molecule has 2 saturated heterocycles. The van der Waals surface area contributed by atoms with Crippen LogP contribution >= 0.6 is 0 Å². The van der Waals surface area contributed by atoms with E-state index in [2.05, 4.69) is 5.32 Å². The minimum Gasteiger partial charge on any atom is -0.445 e. The van der Waals surface area contributed by atoms with Gasteiger partial charge in [0.2, 0.25) is 5.91 Å². The Bertz CT molecular complexity index is 767. The number of carbonyl (C=O) groups excluding carboxylic acids is 3. The first-order chi connectivity index (χ1) is 12.8. The summed E-state index contributed by atoms with van der Waals surface area (Å²) in [5.41, 5.74) is 0.515. The van der Waals surface area contributed by atoms with E-state index < -0.39 is 35.1 Å². The van der Waals surface area contributed by atoms with Crippen molar-refractivity contribution in [2.24, 2.45) is 0 Å². The standard InChI is InChI=1S/C16H18N4O7/c21-13-5-12(6-18-8-14(22)17-15(18)23)19(7-13)16(24)27-9-10-1-3-11(4-2-10)20(25)26/h1-4,12-13,21H,5-9H2,(H,17,22,23)/t12-,13+/m0/s1. The molecule has 0 bridgehead atoms. The number of ether oxygens (including phenoxy) is 1. The van der Waals surface area contributed by atoms with Crippen molar-refractivity contribution in [2.75, 3.05) is 19.6 Å². The van der Waals surface area contributed by atoms with E-state index in [-0.39, 0.29) is 38.3 Å². The van der Waals surface area contributed by atoms with Gasteiger partial charge in [-0.25, -0.2) is 9.59 Å². The number of β-amino-alcohol motifs (C(OH)–C–C–N with tert-alkyl or cyclic N) is 1. The van der Waals surface area contributed by atoms with E-state index >= 15 is 0 Å². The Labute approximate surface area is 153 Å². The fourth-order valence-corrected chi connectivity index (χ4v) is 3.12. The van der Waals surface area contributed by atoms with E-state index in [0.717, 1.165) is 0 Å². The van der Waals surface area contributed by atoms with Gasteiger partial charge in [-0.3, -0.25) is 20.2 Å². The quantitative estimate of drug-likeness (QED) is 0.424. The number of urea groups is 1. The van der Waals surface area contributed by atoms with Gasteiger partial charge in [0.05, 0.1) is 23.6 Å². The third kappa shape index (κ3) is 4.31. The van der Waals surface area contributed by atoms with Gasteiger partial charge < -0.3 is 19.6 Å². The lowest BCUT2D eigenvalue weighted by Gasteiger charge is -2.26. The number of carbonyl (C=O) groups is 3. The van der Waals surface area contributed by atoms with Crippen molar-refractivity contribution < 1.29 is 29.2 Å². The molecule has 0 spiro atoms. The molecule has 4 amide bonds. The summed E-state index contributed by atoms with van der Waals surface area (Å²) in [6, 6.07) is 4.61. The van der Waals surface area contributed by atoms with E-state index in [9.17, 15) is 29.6 Å². The number of nitrogens with zero attached hydrogens (tertiary/aromatic N) is 3. The van der Waals surface area contributed by atoms with Gasteiger partial charge in [0, 0.05) is 18.7 Å². The Kier molecular flexibility index (Phi) is 5.21. The van der Waals surface area contributed by atoms with Crippen LogP contribution in [0.15, 0.2) is 24.3 Å². The van der Waals surface area contributed by atoms with Crippen LogP contribution in [0.1, 0.15) is 12.0 Å². The molecule has 11 heteroatoms. The van der Waals surface area contributed by atoms with Crippen LogP contribution in [0.2, 0.25) is 0 Å². The molecule has 0 saturated carbocycles. The van der Waals surface area contributed by atoms with Crippen molar-refractivity contribution in [1.29, 1.82) is 0 Å². The van der Waals surface area contributed by atoms with Gasteiger partial charge in [0.1, 0.15) is 13.2 Å².